The van der Waals surface area contributed by atoms with Crippen molar-refractivity contribution in [1.29, 1.82) is 0 Å². The Labute approximate surface area is 84.5 Å². The molecule has 0 saturated carbocycles. The Morgan fingerprint density at radius 3 is 1.67 bits per heavy atom. The first-order chi connectivity index (χ1) is 5.43. The molecule has 1 aromatic rings. The minimum absolute atomic E-state index is 0.807. The van der Waals surface area contributed by atoms with Gasteiger partial charge in [-0.15, -0.1) is 0 Å². The van der Waals surface area contributed by atoms with Crippen LogP contribution in [0.3, 0.4) is 0 Å². The Kier molecular flexibility index (Phi) is 2.87. The molecule has 0 saturated heterocycles. The lowest BCUT2D eigenvalue weighted by atomic mass is 10.4. The van der Waals surface area contributed by atoms with Crippen LogP contribution in [0.4, 0.5) is 0 Å². The van der Waals surface area contributed by atoms with Crippen LogP contribution in [0, 0.1) is 0 Å². The molecule has 0 amide bonds. The first-order valence-corrected chi connectivity index (χ1v) is 8.13. The van der Waals surface area contributed by atoms with Crippen molar-refractivity contribution >= 4 is 36.5 Å². The molecule has 0 unspecified atom stereocenters. The predicted molar refractivity (Wildman–Crippen MR) is 59.4 cm³/mol. The van der Waals surface area contributed by atoms with E-state index in [-0.39, 0.29) is 0 Å². The van der Waals surface area contributed by atoms with Crippen LogP contribution in [-0.4, -0.2) is 8.07 Å². The van der Waals surface area contributed by atoms with E-state index in [0.29, 0.717) is 0 Å². The van der Waals surface area contributed by atoms with Crippen molar-refractivity contribution < 1.29 is 0 Å². The fraction of sp³-hybridized carbons (Fsp3) is 0.333. The van der Waals surface area contributed by atoms with Gasteiger partial charge in [-0.3, -0.25) is 0 Å². The summed E-state index contributed by atoms with van der Waals surface area (Å²) in [4.78, 5) is 0. The summed E-state index contributed by atoms with van der Waals surface area (Å²) < 4.78 is 0. The molecule has 0 aliphatic heterocycles. The molecule has 0 heterocycles. The Morgan fingerprint density at radius 2 is 1.42 bits per heavy atom. The van der Waals surface area contributed by atoms with Crippen molar-refractivity contribution in [3.8, 4) is 0 Å². The standard InChI is InChI=1S/C9H12Cl2Si/c1-12(2,3)9-7(10)5-4-6-8(9)11/h4-6H,1-3H3. The molecule has 0 nitrogen and oxygen atoms in total. The average Bonchev–Trinajstić information content (AvgIpc) is 1.82. The summed E-state index contributed by atoms with van der Waals surface area (Å²) >= 11 is 12.1. The van der Waals surface area contributed by atoms with E-state index >= 15 is 0 Å². The Balaban J connectivity index is 3.31. The molecule has 0 spiro atoms. The molecule has 0 bridgehead atoms. The van der Waals surface area contributed by atoms with Crippen LogP contribution in [-0.2, 0) is 0 Å². The topological polar surface area (TPSA) is 0 Å². The van der Waals surface area contributed by atoms with Gasteiger partial charge in [-0.2, -0.15) is 0 Å². The zero-order valence-electron chi connectivity index (χ0n) is 7.49. The lowest BCUT2D eigenvalue weighted by molar-refractivity contribution is 1.68. The highest BCUT2D eigenvalue weighted by atomic mass is 35.5. The number of halogens is 2. The fourth-order valence-electron chi connectivity index (χ4n) is 1.21. The highest BCUT2D eigenvalue weighted by Crippen LogP contribution is 2.18. The molecule has 0 fully saturated rings. The second-order valence-electron chi connectivity index (χ2n) is 3.85. The van der Waals surface area contributed by atoms with E-state index < -0.39 is 8.07 Å². The summed E-state index contributed by atoms with van der Waals surface area (Å²) in [5.41, 5.74) is 0. The second-order valence-corrected chi connectivity index (χ2v) is 9.66. The third-order valence-electron chi connectivity index (χ3n) is 1.71. The molecular weight excluding hydrogens is 207 g/mol. The van der Waals surface area contributed by atoms with Gasteiger partial charge in [-0.05, 0) is 17.3 Å². The number of hydrogen-bond donors (Lipinski definition) is 0. The largest absolute Gasteiger partial charge is 0.0844 e. The molecule has 0 N–H and O–H groups in total. The van der Waals surface area contributed by atoms with Crippen LogP contribution < -0.4 is 5.19 Å². The Bertz CT molecular complexity index is 269. The summed E-state index contributed by atoms with van der Waals surface area (Å²) in [6.07, 6.45) is 0. The van der Waals surface area contributed by atoms with Crippen LogP contribution in [0.2, 0.25) is 29.7 Å². The van der Waals surface area contributed by atoms with Crippen molar-refractivity contribution in [2.45, 2.75) is 19.6 Å². The van der Waals surface area contributed by atoms with Crippen LogP contribution in [0.15, 0.2) is 18.2 Å². The number of rotatable bonds is 1. The van der Waals surface area contributed by atoms with E-state index in [1.807, 2.05) is 18.2 Å². The SMILES string of the molecule is C[Si](C)(C)c1c(Cl)cccc1Cl. The molecule has 1 rings (SSSR count). The quantitative estimate of drug-likeness (QED) is 0.634. The maximum Gasteiger partial charge on any atom is 0.0815 e. The van der Waals surface area contributed by atoms with Gasteiger partial charge in [0.25, 0.3) is 0 Å². The number of benzene rings is 1. The lowest BCUT2D eigenvalue weighted by Crippen LogP contribution is -2.39. The molecule has 12 heavy (non-hydrogen) atoms. The van der Waals surface area contributed by atoms with E-state index in [1.165, 1.54) is 0 Å². The van der Waals surface area contributed by atoms with Crippen molar-refractivity contribution in [1.82, 2.24) is 0 Å². The van der Waals surface area contributed by atoms with Gasteiger partial charge in [0, 0.05) is 10.0 Å². The highest BCUT2D eigenvalue weighted by Gasteiger charge is 2.22. The van der Waals surface area contributed by atoms with Gasteiger partial charge < -0.3 is 0 Å². The first kappa shape index (κ1) is 10.1. The van der Waals surface area contributed by atoms with E-state index in [0.717, 1.165) is 15.2 Å². The van der Waals surface area contributed by atoms with Crippen LogP contribution in [0.1, 0.15) is 0 Å². The third-order valence-corrected chi connectivity index (χ3v) is 4.70. The molecule has 0 radical (unpaired) electrons. The van der Waals surface area contributed by atoms with Gasteiger partial charge in [-0.25, -0.2) is 0 Å². The van der Waals surface area contributed by atoms with E-state index in [1.54, 1.807) is 0 Å². The normalized spacial score (nSPS) is 11.8. The summed E-state index contributed by atoms with van der Waals surface area (Å²) in [5.74, 6) is 0. The summed E-state index contributed by atoms with van der Waals surface area (Å²) in [6, 6.07) is 5.69. The molecule has 3 heteroatoms. The van der Waals surface area contributed by atoms with Crippen molar-refractivity contribution in [2.75, 3.05) is 0 Å². The van der Waals surface area contributed by atoms with Gasteiger partial charge in [0.15, 0.2) is 0 Å². The molecular formula is C9H12Cl2Si. The maximum absolute atomic E-state index is 6.06. The first-order valence-electron chi connectivity index (χ1n) is 3.87. The van der Waals surface area contributed by atoms with E-state index in [4.69, 9.17) is 23.2 Å². The minimum Gasteiger partial charge on any atom is -0.0844 e. The summed E-state index contributed by atoms with van der Waals surface area (Å²) in [7, 11) is -1.39. The van der Waals surface area contributed by atoms with E-state index in [9.17, 15) is 0 Å². The minimum atomic E-state index is -1.39. The predicted octanol–water partition coefficient (Wildman–Crippen LogP) is 3.54. The molecule has 1 aromatic carbocycles. The van der Waals surface area contributed by atoms with Gasteiger partial charge in [0.05, 0.1) is 8.07 Å². The highest BCUT2D eigenvalue weighted by molar-refractivity contribution is 6.91. The maximum atomic E-state index is 6.06. The molecule has 0 atom stereocenters. The van der Waals surface area contributed by atoms with Crippen LogP contribution in [0.5, 0.6) is 0 Å². The van der Waals surface area contributed by atoms with Crippen molar-refractivity contribution in [2.24, 2.45) is 0 Å². The monoisotopic (exact) mass is 218 g/mol. The number of hydrogen-bond acceptors (Lipinski definition) is 0. The molecule has 0 aromatic heterocycles. The third kappa shape index (κ3) is 2.03. The molecule has 0 aliphatic carbocycles. The summed E-state index contributed by atoms with van der Waals surface area (Å²) in [6.45, 7) is 6.71. The fourth-order valence-corrected chi connectivity index (χ4v) is 4.91. The van der Waals surface area contributed by atoms with E-state index in [2.05, 4.69) is 19.6 Å². The molecule has 66 valence electrons. The van der Waals surface area contributed by atoms with Gasteiger partial charge >= 0.3 is 0 Å². The van der Waals surface area contributed by atoms with Crippen molar-refractivity contribution in [3.05, 3.63) is 28.2 Å². The van der Waals surface area contributed by atoms with Gasteiger partial charge in [0.2, 0.25) is 0 Å². The van der Waals surface area contributed by atoms with Gasteiger partial charge in [0.1, 0.15) is 0 Å². The second kappa shape index (κ2) is 3.41. The van der Waals surface area contributed by atoms with Crippen LogP contribution in [0.25, 0.3) is 0 Å². The van der Waals surface area contributed by atoms with Gasteiger partial charge in [-0.1, -0.05) is 48.9 Å². The zero-order chi connectivity index (χ0) is 9.35. The Morgan fingerprint density at radius 1 is 1.00 bits per heavy atom. The van der Waals surface area contributed by atoms with Crippen molar-refractivity contribution in [3.63, 3.8) is 0 Å². The average molecular weight is 219 g/mol. The smallest absolute Gasteiger partial charge is 0.0815 e. The zero-order valence-corrected chi connectivity index (χ0v) is 10.00. The molecule has 0 aliphatic rings. The lowest BCUT2D eigenvalue weighted by Gasteiger charge is -2.19. The Hall–Kier alpha value is 0.0169. The summed E-state index contributed by atoms with van der Waals surface area (Å²) in [5, 5.41) is 2.77. The van der Waals surface area contributed by atoms with Crippen LogP contribution >= 0.6 is 23.2 Å².